The van der Waals surface area contributed by atoms with Gasteiger partial charge in [0.05, 0.1) is 12.1 Å². The van der Waals surface area contributed by atoms with Gasteiger partial charge in [0.25, 0.3) is 0 Å². The number of carbonyl (C=O) groups is 2. The van der Waals surface area contributed by atoms with Gasteiger partial charge in [-0.3, -0.25) is 0 Å². The van der Waals surface area contributed by atoms with E-state index in [2.05, 4.69) is 0 Å². The lowest BCUT2D eigenvalue weighted by atomic mass is 9.99. The number of rotatable bonds is 1. The second-order valence-electron chi connectivity index (χ2n) is 6.17. The smallest absolute Gasteiger partial charge is 0.410 e. The molecule has 0 saturated carbocycles. The van der Waals surface area contributed by atoms with Crippen LogP contribution in [0.1, 0.15) is 40.0 Å². The van der Waals surface area contributed by atoms with Crippen molar-refractivity contribution in [1.29, 1.82) is 0 Å². The molecule has 2 aliphatic heterocycles. The van der Waals surface area contributed by atoms with Gasteiger partial charge in [-0.25, -0.2) is 4.79 Å². The van der Waals surface area contributed by atoms with Crippen molar-refractivity contribution in [2.75, 3.05) is 13.1 Å². The van der Waals surface area contributed by atoms with Gasteiger partial charge >= 0.3 is 6.09 Å². The van der Waals surface area contributed by atoms with Crippen LogP contribution in [0.15, 0.2) is 0 Å². The van der Waals surface area contributed by atoms with Crippen molar-refractivity contribution < 1.29 is 19.1 Å². The van der Waals surface area contributed by atoms with E-state index in [1.807, 2.05) is 20.8 Å². The number of nitrogens with zero attached hydrogens (tertiary/aromatic N) is 1. The molecule has 0 unspecified atom stereocenters. The number of hydrogen-bond acceptors (Lipinski definition) is 4. The van der Waals surface area contributed by atoms with Crippen LogP contribution >= 0.6 is 0 Å². The van der Waals surface area contributed by atoms with Crippen LogP contribution in [0.2, 0.25) is 0 Å². The summed E-state index contributed by atoms with van der Waals surface area (Å²) in [5, 5.41) is 0. The van der Waals surface area contributed by atoms with Crippen molar-refractivity contribution >= 4 is 12.4 Å². The van der Waals surface area contributed by atoms with Crippen LogP contribution in [0.4, 0.5) is 4.79 Å². The van der Waals surface area contributed by atoms with Gasteiger partial charge in [0, 0.05) is 6.54 Å². The minimum atomic E-state index is -0.477. The fourth-order valence-electron chi connectivity index (χ4n) is 2.57. The molecule has 1 amide bonds. The van der Waals surface area contributed by atoms with Crippen LogP contribution in [0.3, 0.4) is 0 Å². The number of likely N-dealkylation sites (tertiary alicyclic amines) is 1. The predicted molar refractivity (Wildman–Crippen MR) is 65.3 cm³/mol. The molecule has 1 spiro atoms. The van der Waals surface area contributed by atoms with E-state index in [-0.39, 0.29) is 17.8 Å². The van der Waals surface area contributed by atoms with E-state index in [1.54, 1.807) is 4.90 Å². The van der Waals surface area contributed by atoms with Gasteiger partial charge < -0.3 is 19.2 Å². The third-order valence-electron chi connectivity index (χ3n) is 3.41. The van der Waals surface area contributed by atoms with Gasteiger partial charge in [0.1, 0.15) is 18.0 Å². The number of aldehydes is 1. The second-order valence-corrected chi connectivity index (χ2v) is 6.17. The Balaban J connectivity index is 1.92. The lowest BCUT2D eigenvalue weighted by Gasteiger charge is -2.26. The lowest BCUT2D eigenvalue weighted by Crippen LogP contribution is -2.39. The second kappa shape index (κ2) is 4.53. The first kappa shape index (κ1) is 13.3. The Morgan fingerprint density at radius 2 is 2.17 bits per heavy atom. The van der Waals surface area contributed by atoms with Crippen molar-refractivity contribution in [2.45, 2.75) is 57.3 Å². The monoisotopic (exact) mass is 255 g/mol. The van der Waals surface area contributed by atoms with E-state index in [1.165, 1.54) is 0 Å². The first-order chi connectivity index (χ1) is 8.34. The first-order valence-electron chi connectivity index (χ1n) is 6.45. The maximum Gasteiger partial charge on any atom is 0.410 e. The summed E-state index contributed by atoms with van der Waals surface area (Å²) in [6.07, 6.45) is 2.64. The SMILES string of the molecule is CC(C)(C)OC(=O)N1CC[C@@]2(CC[C@H](C=O)O2)C1. The summed E-state index contributed by atoms with van der Waals surface area (Å²) in [5.74, 6) is 0. The van der Waals surface area contributed by atoms with Crippen molar-refractivity contribution in [3.8, 4) is 0 Å². The molecule has 102 valence electrons. The topological polar surface area (TPSA) is 55.8 Å². The van der Waals surface area contributed by atoms with E-state index >= 15 is 0 Å². The van der Waals surface area contributed by atoms with Gasteiger partial charge in [-0.2, -0.15) is 0 Å². The minimum absolute atomic E-state index is 0.294. The van der Waals surface area contributed by atoms with Crippen LogP contribution in [0.25, 0.3) is 0 Å². The summed E-state index contributed by atoms with van der Waals surface area (Å²) in [4.78, 5) is 24.3. The molecule has 0 N–H and O–H groups in total. The van der Waals surface area contributed by atoms with Crippen LogP contribution in [0.5, 0.6) is 0 Å². The molecule has 0 aromatic heterocycles. The highest BCUT2D eigenvalue weighted by molar-refractivity contribution is 5.68. The molecule has 2 atom stereocenters. The van der Waals surface area contributed by atoms with Crippen LogP contribution in [0, 0.1) is 0 Å². The highest BCUT2D eigenvalue weighted by atomic mass is 16.6. The first-order valence-corrected chi connectivity index (χ1v) is 6.45. The quantitative estimate of drug-likeness (QED) is 0.670. The number of ether oxygens (including phenoxy) is 2. The number of carbonyl (C=O) groups excluding carboxylic acids is 2. The van der Waals surface area contributed by atoms with Crippen molar-refractivity contribution in [3.05, 3.63) is 0 Å². The molecule has 2 fully saturated rings. The maximum atomic E-state index is 11.9. The summed E-state index contributed by atoms with van der Waals surface area (Å²) < 4.78 is 11.1. The molecule has 2 aliphatic rings. The standard InChI is InChI=1S/C13H21NO4/c1-12(2,3)18-11(16)14-7-6-13(9-14)5-4-10(8-15)17-13/h8,10H,4-7,9H2,1-3H3/t10-,13+/m1/s1. The average Bonchev–Trinajstić information content (AvgIpc) is 2.84. The van der Waals surface area contributed by atoms with Crippen molar-refractivity contribution in [3.63, 3.8) is 0 Å². The molecule has 2 rings (SSSR count). The largest absolute Gasteiger partial charge is 0.444 e. The van der Waals surface area contributed by atoms with E-state index in [4.69, 9.17) is 9.47 Å². The molecule has 0 aliphatic carbocycles. The summed E-state index contributed by atoms with van der Waals surface area (Å²) in [7, 11) is 0. The fourth-order valence-corrected chi connectivity index (χ4v) is 2.57. The number of amides is 1. The van der Waals surface area contributed by atoms with Gasteiger partial charge in [0.2, 0.25) is 0 Å². The molecular formula is C13H21NO4. The van der Waals surface area contributed by atoms with Gasteiger partial charge in [-0.1, -0.05) is 0 Å². The van der Waals surface area contributed by atoms with E-state index in [0.29, 0.717) is 13.1 Å². The third kappa shape index (κ3) is 2.83. The Bertz CT molecular complexity index is 349. The van der Waals surface area contributed by atoms with Gasteiger partial charge in [-0.15, -0.1) is 0 Å². The summed E-state index contributed by atoms with van der Waals surface area (Å²) in [6, 6.07) is 0. The maximum absolute atomic E-state index is 11.9. The lowest BCUT2D eigenvalue weighted by molar-refractivity contribution is -0.121. The molecule has 0 aromatic carbocycles. The van der Waals surface area contributed by atoms with Crippen LogP contribution in [-0.2, 0) is 14.3 Å². The minimum Gasteiger partial charge on any atom is -0.444 e. The Kier molecular flexibility index (Phi) is 3.36. The average molecular weight is 255 g/mol. The molecule has 2 heterocycles. The summed E-state index contributed by atoms with van der Waals surface area (Å²) in [6.45, 7) is 6.73. The molecule has 18 heavy (non-hydrogen) atoms. The normalized spacial score (nSPS) is 31.9. The molecule has 5 nitrogen and oxygen atoms in total. The molecule has 0 radical (unpaired) electrons. The molecule has 2 saturated heterocycles. The Morgan fingerprint density at radius 1 is 1.44 bits per heavy atom. The third-order valence-corrected chi connectivity index (χ3v) is 3.41. The predicted octanol–water partition coefficient (Wildman–Crippen LogP) is 1.74. The zero-order chi connectivity index (χ0) is 13.4. The molecular weight excluding hydrogens is 234 g/mol. The van der Waals surface area contributed by atoms with E-state index in [0.717, 1.165) is 25.5 Å². The van der Waals surface area contributed by atoms with Crippen molar-refractivity contribution in [1.82, 2.24) is 4.90 Å². The van der Waals surface area contributed by atoms with E-state index < -0.39 is 5.60 Å². The van der Waals surface area contributed by atoms with Gasteiger partial charge in [0.15, 0.2) is 0 Å². The van der Waals surface area contributed by atoms with E-state index in [9.17, 15) is 9.59 Å². The molecule has 5 heteroatoms. The molecule has 0 bridgehead atoms. The highest BCUT2D eigenvalue weighted by Gasteiger charge is 2.47. The van der Waals surface area contributed by atoms with Crippen LogP contribution in [-0.4, -0.2) is 47.7 Å². The van der Waals surface area contributed by atoms with Crippen LogP contribution < -0.4 is 0 Å². The zero-order valence-corrected chi connectivity index (χ0v) is 11.3. The zero-order valence-electron chi connectivity index (χ0n) is 11.3. The summed E-state index contributed by atoms with van der Waals surface area (Å²) >= 11 is 0. The Morgan fingerprint density at radius 3 is 2.72 bits per heavy atom. The molecule has 0 aromatic rings. The number of hydrogen-bond donors (Lipinski definition) is 0. The van der Waals surface area contributed by atoms with Gasteiger partial charge in [-0.05, 0) is 40.0 Å². The Hall–Kier alpha value is -1.10. The highest BCUT2D eigenvalue weighted by Crippen LogP contribution is 2.37. The Labute approximate surface area is 107 Å². The van der Waals surface area contributed by atoms with Crippen molar-refractivity contribution in [2.24, 2.45) is 0 Å². The fraction of sp³-hybridized carbons (Fsp3) is 0.846. The summed E-state index contributed by atoms with van der Waals surface area (Å²) in [5.41, 5.74) is -0.794.